The fourth-order valence-electron chi connectivity index (χ4n) is 8.04. The first kappa shape index (κ1) is 27.0. The normalized spacial score (nSPS) is 43.6. The van der Waals surface area contributed by atoms with E-state index in [1.807, 2.05) is 38.1 Å². The Balaban J connectivity index is 1.42. The Morgan fingerprint density at radius 1 is 1.32 bits per heavy atom. The van der Waals surface area contributed by atoms with E-state index in [0.717, 1.165) is 28.5 Å². The molecule has 0 bridgehead atoms. The van der Waals surface area contributed by atoms with Crippen LogP contribution in [0, 0.1) is 28.6 Å². The number of oxime groups is 1. The van der Waals surface area contributed by atoms with Crippen LogP contribution < -0.4 is 0 Å². The van der Waals surface area contributed by atoms with E-state index in [9.17, 15) is 20.1 Å². The first-order valence-corrected chi connectivity index (χ1v) is 14.0. The molecule has 0 unspecified atom stereocenters. The van der Waals surface area contributed by atoms with Gasteiger partial charge in [0.2, 0.25) is 0 Å². The Hall–Kier alpha value is -1.58. The molecule has 3 saturated carbocycles. The molecule has 3 N–H and O–H groups in total. The van der Waals surface area contributed by atoms with Gasteiger partial charge in [0.15, 0.2) is 5.78 Å². The zero-order chi connectivity index (χ0) is 26.8. The molecule has 8 atom stereocenters. The summed E-state index contributed by atoms with van der Waals surface area (Å²) in [5, 5.41) is 37.3. The van der Waals surface area contributed by atoms with E-state index in [2.05, 4.69) is 33.0 Å². The highest BCUT2D eigenvalue weighted by Crippen LogP contribution is 2.71. The SMILES string of the molecule is C[C@@H]1C[C@H]2[C@@H]3CCC4=CC(=NOCc5cncc(Br)c5)C=C[C@]4(C)[C@@]3(Cl)[C@@H](O)C[C@]2(C)[C@@]1(O)C(=O)CO. The monoisotopic (exact) mass is 592 g/mol. The van der Waals surface area contributed by atoms with Gasteiger partial charge in [-0.3, -0.25) is 9.78 Å². The summed E-state index contributed by atoms with van der Waals surface area (Å²) in [6.07, 6.45) is 10.7. The van der Waals surface area contributed by atoms with Crippen LogP contribution in [0.1, 0.15) is 52.0 Å². The van der Waals surface area contributed by atoms with Gasteiger partial charge in [0, 0.05) is 33.3 Å². The fourth-order valence-corrected chi connectivity index (χ4v) is 8.98. The van der Waals surface area contributed by atoms with Gasteiger partial charge in [0.1, 0.15) is 24.5 Å². The molecule has 1 aromatic heterocycles. The first-order chi connectivity index (χ1) is 17.4. The van der Waals surface area contributed by atoms with E-state index < -0.39 is 39.8 Å². The summed E-state index contributed by atoms with van der Waals surface area (Å²) in [6, 6.07) is 1.93. The highest BCUT2D eigenvalue weighted by molar-refractivity contribution is 9.10. The maximum absolute atomic E-state index is 12.8. The fraction of sp³-hybridized carbons (Fsp3) is 0.607. The second kappa shape index (κ2) is 9.26. The van der Waals surface area contributed by atoms with Gasteiger partial charge in [0.05, 0.1) is 11.0 Å². The standard InChI is InChI=1S/C28H34BrClN2O5/c1-16-8-22-21-5-4-18-10-20(32-37-15-17-9-19(29)13-31-12-17)6-7-25(18,2)27(21,30)23(34)11-26(22,3)28(16,36)24(35)14-33/h6-7,9-10,12-13,16,21-23,33-34,36H,4-5,8,11,14-15H2,1-3H3/t16-,21+,22+,23+,25+,26+,27+,28+/m1/s1. The van der Waals surface area contributed by atoms with Crippen molar-refractivity contribution in [2.24, 2.45) is 33.7 Å². The third-order valence-electron chi connectivity index (χ3n) is 9.97. The first-order valence-electron chi connectivity index (χ1n) is 12.8. The lowest BCUT2D eigenvalue weighted by Crippen LogP contribution is -2.69. The maximum Gasteiger partial charge on any atom is 0.190 e. The summed E-state index contributed by atoms with van der Waals surface area (Å²) in [4.78, 5) is 21.5. The van der Waals surface area contributed by atoms with Crippen LogP contribution >= 0.6 is 27.5 Å². The highest BCUT2D eigenvalue weighted by Gasteiger charge is 2.74. The molecular formula is C28H34BrClN2O5. The molecule has 4 aliphatic carbocycles. The number of allylic oxidation sites excluding steroid dienone is 4. The number of rotatable bonds is 5. The number of halogens is 2. The lowest BCUT2D eigenvalue weighted by molar-refractivity contribution is -0.179. The molecule has 4 aliphatic rings. The summed E-state index contributed by atoms with van der Waals surface area (Å²) in [6.45, 7) is 5.39. The van der Waals surface area contributed by atoms with Crippen LogP contribution in [0.4, 0.5) is 0 Å². The topological polar surface area (TPSA) is 112 Å². The summed E-state index contributed by atoms with van der Waals surface area (Å²) in [5.74, 6) is -1.08. The molecule has 200 valence electrons. The van der Waals surface area contributed by atoms with E-state index in [1.165, 1.54) is 0 Å². The number of hydrogen-bond donors (Lipinski definition) is 3. The number of ketones is 1. The maximum atomic E-state index is 12.8. The average Bonchev–Trinajstić information content (AvgIpc) is 3.06. The lowest BCUT2D eigenvalue weighted by atomic mass is 9.45. The van der Waals surface area contributed by atoms with Gasteiger partial charge in [-0.1, -0.05) is 37.6 Å². The van der Waals surface area contributed by atoms with Gasteiger partial charge in [-0.25, -0.2) is 0 Å². The molecule has 0 amide bonds. The van der Waals surface area contributed by atoms with Crippen LogP contribution in [0.5, 0.6) is 0 Å². The van der Waals surface area contributed by atoms with E-state index in [-0.39, 0.29) is 24.2 Å². The summed E-state index contributed by atoms with van der Waals surface area (Å²) < 4.78 is 0.874. The Morgan fingerprint density at radius 3 is 2.78 bits per heavy atom. The molecule has 0 aromatic carbocycles. The Bertz CT molecular complexity index is 1200. The summed E-state index contributed by atoms with van der Waals surface area (Å²) in [5.41, 5.74) is -0.519. The average molecular weight is 594 g/mol. The molecular weight excluding hydrogens is 560 g/mol. The molecule has 3 fully saturated rings. The highest BCUT2D eigenvalue weighted by atomic mass is 79.9. The predicted octanol–water partition coefficient (Wildman–Crippen LogP) is 4.33. The van der Waals surface area contributed by atoms with E-state index in [4.69, 9.17) is 16.4 Å². The van der Waals surface area contributed by atoms with Crippen LogP contribution in [-0.2, 0) is 16.2 Å². The molecule has 0 spiro atoms. The predicted molar refractivity (Wildman–Crippen MR) is 144 cm³/mol. The van der Waals surface area contributed by atoms with Crippen LogP contribution in [0.15, 0.2) is 51.9 Å². The second-order valence-corrected chi connectivity index (χ2v) is 13.2. The second-order valence-electron chi connectivity index (χ2n) is 11.6. The molecule has 5 rings (SSSR count). The number of Topliss-reactive ketones (excluding diaryl/α,β-unsaturated/α-hetero) is 1. The molecule has 0 radical (unpaired) electrons. The van der Waals surface area contributed by atoms with Crippen molar-refractivity contribution in [2.75, 3.05) is 6.61 Å². The third kappa shape index (κ3) is 3.73. The number of alkyl halides is 1. The van der Waals surface area contributed by atoms with Crippen LogP contribution in [-0.4, -0.2) is 55.0 Å². The minimum absolute atomic E-state index is 0.0621. The van der Waals surface area contributed by atoms with Gasteiger partial charge in [-0.15, -0.1) is 11.6 Å². The van der Waals surface area contributed by atoms with Crippen molar-refractivity contribution in [3.8, 4) is 0 Å². The molecule has 1 heterocycles. The van der Waals surface area contributed by atoms with Crippen molar-refractivity contribution in [1.29, 1.82) is 0 Å². The van der Waals surface area contributed by atoms with Gasteiger partial charge < -0.3 is 20.2 Å². The molecule has 9 heteroatoms. The molecule has 7 nitrogen and oxygen atoms in total. The minimum atomic E-state index is -1.69. The van der Waals surface area contributed by atoms with Crippen molar-refractivity contribution in [2.45, 2.75) is 69.6 Å². The van der Waals surface area contributed by atoms with Crippen LogP contribution in [0.2, 0.25) is 0 Å². The number of aliphatic hydroxyl groups excluding tert-OH is 2. The number of nitrogens with zero attached hydrogens (tertiary/aromatic N) is 2. The van der Waals surface area contributed by atoms with Gasteiger partial charge >= 0.3 is 0 Å². The largest absolute Gasteiger partial charge is 0.391 e. The van der Waals surface area contributed by atoms with E-state index in [1.54, 1.807) is 12.4 Å². The van der Waals surface area contributed by atoms with E-state index in [0.29, 0.717) is 18.7 Å². The number of aliphatic hydroxyl groups is 3. The number of carbonyl (C=O) groups is 1. The Labute approximate surface area is 230 Å². The van der Waals surface area contributed by atoms with Gasteiger partial charge in [-0.2, -0.15) is 0 Å². The van der Waals surface area contributed by atoms with Crippen molar-refractivity contribution in [3.05, 3.63) is 52.3 Å². The lowest BCUT2D eigenvalue weighted by Gasteiger charge is -2.64. The van der Waals surface area contributed by atoms with Gasteiger partial charge in [0.25, 0.3) is 0 Å². The minimum Gasteiger partial charge on any atom is -0.391 e. The zero-order valence-electron chi connectivity index (χ0n) is 21.3. The molecule has 37 heavy (non-hydrogen) atoms. The Morgan fingerprint density at radius 2 is 2.08 bits per heavy atom. The van der Waals surface area contributed by atoms with Crippen molar-refractivity contribution >= 4 is 39.0 Å². The van der Waals surface area contributed by atoms with Crippen LogP contribution in [0.3, 0.4) is 0 Å². The number of pyridine rings is 1. The molecule has 1 aromatic rings. The quantitative estimate of drug-likeness (QED) is 0.346. The zero-order valence-corrected chi connectivity index (χ0v) is 23.7. The number of aromatic nitrogens is 1. The van der Waals surface area contributed by atoms with Gasteiger partial charge in [-0.05, 0) is 77.6 Å². The van der Waals surface area contributed by atoms with Crippen LogP contribution in [0.25, 0.3) is 0 Å². The number of hydrogen-bond acceptors (Lipinski definition) is 7. The van der Waals surface area contributed by atoms with E-state index >= 15 is 0 Å². The third-order valence-corrected chi connectivity index (χ3v) is 11.3. The smallest absolute Gasteiger partial charge is 0.190 e. The number of carbonyl (C=O) groups excluding carboxylic acids is 1. The van der Waals surface area contributed by atoms with Crippen molar-refractivity contribution < 1.29 is 25.0 Å². The Kier molecular flexibility index (Phi) is 6.76. The summed E-state index contributed by atoms with van der Waals surface area (Å²) in [7, 11) is 0. The number of fused-ring (bicyclic) bond motifs is 5. The van der Waals surface area contributed by atoms with Crippen molar-refractivity contribution in [3.63, 3.8) is 0 Å². The molecule has 0 aliphatic heterocycles. The summed E-state index contributed by atoms with van der Waals surface area (Å²) >= 11 is 10.9. The van der Waals surface area contributed by atoms with Crippen molar-refractivity contribution in [1.82, 2.24) is 4.98 Å². The molecule has 0 saturated heterocycles.